The summed E-state index contributed by atoms with van der Waals surface area (Å²) in [6.07, 6.45) is 4.80. The summed E-state index contributed by atoms with van der Waals surface area (Å²) < 4.78 is 0. The van der Waals surface area contributed by atoms with Gasteiger partial charge < -0.3 is 4.90 Å². The highest BCUT2D eigenvalue weighted by Crippen LogP contribution is 2.16. The molecule has 0 aliphatic heterocycles. The molecule has 0 N–H and O–H groups in total. The summed E-state index contributed by atoms with van der Waals surface area (Å²) in [6, 6.07) is 4.50. The maximum absolute atomic E-state index is 10.5. The average molecular weight is 261 g/mol. The van der Waals surface area contributed by atoms with Gasteiger partial charge in [0.05, 0.1) is 5.56 Å². The molecule has 94 valence electrons. The highest BCUT2D eigenvalue weighted by molar-refractivity contribution is 7.09. The second-order valence-electron chi connectivity index (χ2n) is 4.18. The van der Waals surface area contributed by atoms with Crippen LogP contribution in [0.2, 0.25) is 0 Å². The molecule has 0 fully saturated rings. The van der Waals surface area contributed by atoms with Gasteiger partial charge in [-0.2, -0.15) is 0 Å². The molecule has 1 unspecified atom stereocenters. The van der Waals surface area contributed by atoms with Crippen molar-refractivity contribution in [2.75, 3.05) is 11.9 Å². The molecule has 4 nitrogen and oxygen atoms in total. The van der Waals surface area contributed by atoms with Crippen LogP contribution >= 0.6 is 11.3 Å². The molecule has 5 heteroatoms. The van der Waals surface area contributed by atoms with Crippen molar-refractivity contribution in [2.45, 2.75) is 19.4 Å². The molecule has 0 amide bonds. The number of likely N-dealkylation sites (N-methyl/N-ethyl adjacent to an activating group) is 1. The van der Waals surface area contributed by atoms with E-state index in [2.05, 4.69) is 34.4 Å². The van der Waals surface area contributed by atoms with Crippen molar-refractivity contribution >= 4 is 23.6 Å². The number of nitrogens with zero attached hydrogens (tertiary/aromatic N) is 3. The summed E-state index contributed by atoms with van der Waals surface area (Å²) in [4.78, 5) is 22.3. The Morgan fingerprint density at radius 2 is 2.17 bits per heavy atom. The molecule has 0 radical (unpaired) electrons. The number of anilines is 1. The van der Waals surface area contributed by atoms with Crippen molar-refractivity contribution in [2.24, 2.45) is 0 Å². The molecule has 2 heterocycles. The van der Waals surface area contributed by atoms with Crippen LogP contribution in [0, 0.1) is 0 Å². The van der Waals surface area contributed by atoms with E-state index in [-0.39, 0.29) is 0 Å². The van der Waals surface area contributed by atoms with E-state index in [1.54, 1.807) is 23.7 Å². The van der Waals surface area contributed by atoms with Gasteiger partial charge in [0.1, 0.15) is 0 Å². The van der Waals surface area contributed by atoms with Crippen molar-refractivity contribution in [3.8, 4) is 0 Å². The lowest BCUT2D eigenvalue weighted by Crippen LogP contribution is -2.31. The minimum atomic E-state index is 0.311. The Balaban J connectivity index is 2.04. The molecule has 0 saturated heterocycles. The molecular weight excluding hydrogens is 246 g/mol. The maximum atomic E-state index is 10.5. The second kappa shape index (κ2) is 5.73. The minimum Gasteiger partial charge on any atom is -0.341 e. The normalized spacial score (nSPS) is 12.1. The Hall–Kier alpha value is -1.75. The highest BCUT2D eigenvalue weighted by atomic mass is 32.1. The first-order valence-corrected chi connectivity index (χ1v) is 6.61. The zero-order valence-corrected chi connectivity index (χ0v) is 11.2. The first-order valence-electron chi connectivity index (χ1n) is 5.73. The number of hydrogen-bond donors (Lipinski definition) is 0. The lowest BCUT2D eigenvalue weighted by molar-refractivity contribution is 0.112. The van der Waals surface area contributed by atoms with Crippen LogP contribution < -0.4 is 4.90 Å². The summed E-state index contributed by atoms with van der Waals surface area (Å²) in [5.74, 6) is 0.643. The minimum absolute atomic E-state index is 0.311. The van der Waals surface area contributed by atoms with E-state index in [0.29, 0.717) is 17.6 Å². The smallest absolute Gasteiger partial charge is 0.225 e. The van der Waals surface area contributed by atoms with Gasteiger partial charge in [-0.05, 0) is 18.4 Å². The summed E-state index contributed by atoms with van der Waals surface area (Å²) in [5.41, 5.74) is 0.498. The summed E-state index contributed by atoms with van der Waals surface area (Å²) >= 11 is 1.76. The molecule has 18 heavy (non-hydrogen) atoms. The molecule has 0 aliphatic carbocycles. The molecule has 0 spiro atoms. The SMILES string of the molecule is CC(Cc1cccs1)N(C)c1ncc(C=O)cn1. The molecule has 2 rings (SSSR count). The number of aromatic nitrogens is 2. The third-order valence-corrected chi connectivity index (χ3v) is 3.75. The van der Waals surface area contributed by atoms with Crippen molar-refractivity contribution in [1.82, 2.24) is 9.97 Å². The second-order valence-corrected chi connectivity index (χ2v) is 5.21. The van der Waals surface area contributed by atoms with Crippen LogP contribution in [-0.4, -0.2) is 29.3 Å². The summed E-state index contributed by atoms with van der Waals surface area (Å²) in [7, 11) is 1.97. The van der Waals surface area contributed by atoms with E-state index in [0.717, 1.165) is 12.7 Å². The largest absolute Gasteiger partial charge is 0.341 e. The van der Waals surface area contributed by atoms with E-state index >= 15 is 0 Å². The van der Waals surface area contributed by atoms with Gasteiger partial charge in [-0.1, -0.05) is 6.07 Å². The zero-order valence-electron chi connectivity index (χ0n) is 10.4. The quantitative estimate of drug-likeness (QED) is 0.775. The van der Waals surface area contributed by atoms with Crippen LogP contribution in [0.25, 0.3) is 0 Å². The van der Waals surface area contributed by atoms with Crippen LogP contribution in [-0.2, 0) is 6.42 Å². The van der Waals surface area contributed by atoms with Crippen LogP contribution in [0.3, 0.4) is 0 Å². The van der Waals surface area contributed by atoms with E-state index in [4.69, 9.17) is 0 Å². The Morgan fingerprint density at radius 3 is 2.72 bits per heavy atom. The highest BCUT2D eigenvalue weighted by Gasteiger charge is 2.13. The fourth-order valence-electron chi connectivity index (χ4n) is 1.63. The van der Waals surface area contributed by atoms with Crippen molar-refractivity contribution in [1.29, 1.82) is 0 Å². The van der Waals surface area contributed by atoms with Crippen LogP contribution in [0.1, 0.15) is 22.2 Å². The standard InChI is InChI=1S/C13H15N3OS/c1-10(6-12-4-3-5-18-12)16(2)13-14-7-11(9-17)8-15-13/h3-5,7-10H,6H2,1-2H3. The van der Waals surface area contributed by atoms with Crippen LogP contribution in [0.15, 0.2) is 29.9 Å². The van der Waals surface area contributed by atoms with Crippen molar-refractivity contribution in [3.63, 3.8) is 0 Å². The van der Waals surface area contributed by atoms with Crippen molar-refractivity contribution in [3.05, 3.63) is 40.3 Å². The van der Waals surface area contributed by atoms with Crippen LogP contribution in [0.5, 0.6) is 0 Å². The van der Waals surface area contributed by atoms with Gasteiger partial charge in [-0.3, -0.25) is 4.79 Å². The number of hydrogen-bond acceptors (Lipinski definition) is 5. The molecule has 0 bridgehead atoms. The van der Waals surface area contributed by atoms with Gasteiger partial charge in [0.25, 0.3) is 0 Å². The first-order chi connectivity index (χ1) is 8.70. The van der Waals surface area contributed by atoms with E-state index < -0.39 is 0 Å². The topological polar surface area (TPSA) is 46.1 Å². The molecule has 2 aromatic rings. The van der Waals surface area contributed by atoms with E-state index in [1.807, 2.05) is 11.9 Å². The van der Waals surface area contributed by atoms with Crippen molar-refractivity contribution < 1.29 is 4.79 Å². The van der Waals surface area contributed by atoms with Gasteiger partial charge in [-0.25, -0.2) is 9.97 Å². The predicted octanol–water partition coefficient (Wildman–Crippen LogP) is 2.42. The lowest BCUT2D eigenvalue weighted by atomic mass is 10.2. The van der Waals surface area contributed by atoms with E-state index in [9.17, 15) is 4.79 Å². The first kappa shape index (κ1) is 12.7. The number of thiophene rings is 1. The van der Waals surface area contributed by atoms with E-state index in [1.165, 1.54) is 4.88 Å². The Labute approximate surface area is 110 Å². The molecule has 1 atom stereocenters. The Kier molecular flexibility index (Phi) is 4.04. The van der Waals surface area contributed by atoms with Crippen LogP contribution in [0.4, 0.5) is 5.95 Å². The predicted molar refractivity (Wildman–Crippen MR) is 73.3 cm³/mol. The lowest BCUT2D eigenvalue weighted by Gasteiger charge is -2.24. The fourth-order valence-corrected chi connectivity index (χ4v) is 2.45. The number of carbonyl (C=O) groups excluding carboxylic acids is 1. The summed E-state index contributed by atoms with van der Waals surface area (Å²) in [5, 5.41) is 2.08. The zero-order chi connectivity index (χ0) is 13.0. The maximum Gasteiger partial charge on any atom is 0.225 e. The monoisotopic (exact) mass is 261 g/mol. The fraction of sp³-hybridized carbons (Fsp3) is 0.308. The van der Waals surface area contributed by atoms with Gasteiger partial charge in [-0.15, -0.1) is 11.3 Å². The Morgan fingerprint density at radius 1 is 1.44 bits per heavy atom. The average Bonchev–Trinajstić information content (AvgIpc) is 2.91. The molecule has 0 aliphatic rings. The van der Waals surface area contributed by atoms with Gasteiger partial charge in [0.2, 0.25) is 5.95 Å². The van der Waals surface area contributed by atoms with Gasteiger partial charge >= 0.3 is 0 Å². The number of rotatable bonds is 5. The third-order valence-electron chi connectivity index (χ3n) is 2.85. The molecule has 0 aromatic carbocycles. The summed E-state index contributed by atoms with van der Waals surface area (Å²) in [6.45, 7) is 2.14. The Bertz CT molecular complexity index is 495. The molecular formula is C13H15N3OS. The molecule has 0 saturated carbocycles. The number of carbonyl (C=O) groups is 1. The third kappa shape index (κ3) is 2.92. The number of aldehydes is 1. The van der Waals surface area contributed by atoms with Gasteiger partial charge in [0, 0.05) is 36.8 Å². The molecule has 2 aromatic heterocycles. The van der Waals surface area contributed by atoms with Gasteiger partial charge in [0.15, 0.2) is 6.29 Å².